The van der Waals surface area contributed by atoms with E-state index in [1.165, 1.54) is 11.1 Å². The summed E-state index contributed by atoms with van der Waals surface area (Å²) in [5, 5.41) is 11.8. The summed E-state index contributed by atoms with van der Waals surface area (Å²) in [6.45, 7) is 13.7. The van der Waals surface area contributed by atoms with Crippen molar-refractivity contribution in [2.24, 2.45) is 11.8 Å². The van der Waals surface area contributed by atoms with Crippen molar-refractivity contribution in [3.05, 3.63) is 47.2 Å². The minimum atomic E-state index is 0.264. The third-order valence-corrected chi connectivity index (χ3v) is 4.10. The van der Waals surface area contributed by atoms with Crippen LogP contribution in [-0.2, 0) is 13.0 Å². The van der Waals surface area contributed by atoms with Crippen LogP contribution in [0.2, 0.25) is 0 Å². The molecule has 1 heterocycles. The van der Waals surface area contributed by atoms with E-state index in [-0.39, 0.29) is 12.0 Å². The molecule has 4 heteroatoms. The molecule has 1 aromatic heterocycles. The van der Waals surface area contributed by atoms with Crippen LogP contribution < -0.4 is 5.32 Å². The second kappa shape index (κ2) is 8.43. The lowest BCUT2D eigenvalue weighted by atomic mass is 9.94. The summed E-state index contributed by atoms with van der Waals surface area (Å²) in [7, 11) is 0. The molecule has 0 saturated carbocycles. The second-order valence-electron chi connectivity index (χ2n) is 7.63. The quantitative estimate of drug-likeness (QED) is 0.750. The van der Waals surface area contributed by atoms with E-state index >= 15 is 0 Å². The van der Waals surface area contributed by atoms with Crippen molar-refractivity contribution in [1.82, 2.24) is 15.5 Å². The molecule has 0 aliphatic rings. The standard InChI is InChI=1S/C20H31N3O/c1-13(2)11-16-7-9-17(10-8-16)19(14(3)4)21-12-18-22-23-20(24-18)15(5)6/h7-10,13-15,19,21H,11-12H2,1-6H3/t19-/m1/s1. The molecule has 0 fully saturated rings. The number of nitrogens with zero attached hydrogens (tertiary/aromatic N) is 2. The van der Waals surface area contributed by atoms with E-state index in [1.807, 2.05) is 0 Å². The van der Waals surface area contributed by atoms with Gasteiger partial charge >= 0.3 is 0 Å². The predicted molar refractivity (Wildman–Crippen MR) is 97.8 cm³/mol. The number of hydrogen-bond donors (Lipinski definition) is 1. The Balaban J connectivity index is 2.03. The monoisotopic (exact) mass is 329 g/mol. The van der Waals surface area contributed by atoms with Crippen LogP contribution in [0.4, 0.5) is 0 Å². The molecule has 132 valence electrons. The second-order valence-corrected chi connectivity index (χ2v) is 7.63. The molecule has 0 radical (unpaired) electrons. The summed E-state index contributed by atoms with van der Waals surface area (Å²) < 4.78 is 5.69. The SMILES string of the molecule is CC(C)Cc1ccc([C@H](NCc2nnc(C(C)C)o2)C(C)C)cc1. The number of aromatic nitrogens is 2. The fourth-order valence-electron chi connectivity index (χ4n) is 2.84. The van der Waals surface area contributed by atoms with Crippen molar-refractivity contribution in [1.29, 1.82) is 0 Å². The highest BCUT2D eigenvalue weighted by molar-refractivity contribution is 5.25. The third-order valence-electron chi connectivity index (χ3n) is 4.10. The first-order chi connectivity index (χ1) is 11.4. The minimum absolute atomic E-state index is 0.264. The van der Waals surface area contributed by atoms with Crippen molar-refractivity contribution in [2.75, 3.05) is 0 Å². The van der Waals surface area contributed by atoms with Crippen LogP contribution in [-0.4, -0.2) is 10.2 Å². The molecule has 0 aliphatic heterocycles. The summed E-state index contributed by atoms with van der Waals surface area (Å²) in [5.41, 5.74) is 2.70. The Morgan fingerprint density at radius 2 is 1.62 bits per heavy atom. The van der Waals surface area contributed by atoms with E-state index < -0.39 is 0 Å². The molecule has 2 rings (SSSR count). The highest BCUT2D eigenvalue weighted by Crippen LogP contribution is 2.23. The lowest BCUT2D eigenvalue weighted by molar-refractivity contribution is 0.365. The van der Waals surface area contributed by atoms with Gasteiger partial charge in [-0.15, -0.1) is 10.2 Å². The highest BCUT2D eigenvalue weighted by atomic mass is 16.4. The smallest absolute Gasteiger partial charge is 0.230 e. The third kappa shape index (κ3) is 5.17. The average molecular weight is 329 g/mol. The number of rotatable bonds is 8. The summed E-state index contributed by atoms with van der Waals surface area (Å²) in [4.78, 5) is 0. The molecule has 1 atom stereocenters. The maximum Gasteiger partial charge on any atom is 0.230 e. The number of benzene rings is 1. The topological polar surface area (TPSA) is 51.0 Å². The Labute approximate surface area is 146 Å². The Morgan fingerprint density at radius 3 is 2.12 bits per heavy atom. The Kier molecular flexibility index (Phi) is 6.55. The van der Waals surface area contributed by atoms with Gasteiger partial charge in [0, 0.05) is 12.0 Å². The maximum atomic E-state index is 5.69. The molecule has 1 aromatic carbocycles. The van der Waals surface area contributed by atoms with Crippen molar-refractivity contribution in [2.45, 2.75) is 66.5 Å². The van der Waals surface area contributed by atoms with E-state index in [4.69, 9.17) is 4.42 Å². The van der Waals surface area contributed by atoms with Gasteiger partial charge in [0.25, 0.3) is 0 Å². The van der Waals surface area contributed by atoms with Crippen LogP contribution in [0.1, 0.15) is 76.4 Å². The lowest BCUT2D eigenvalue weighted by Gasteiger charge is -2.22. The van der Waals surface area contributed by atoms with Crippen molar-refractivity contribution >= 4 is 0 Å². The molecule has 0 unspecified atom stereocenters. The molecular weight excluding hydrogens is 298 g/mol. The average Bonchev–Trinajstić information content (AvgIpc) is 2.97. The van der Waals surface area contributed by atoms with Crippen LogP contribution in [0.15, 0.2) is 28.7 Å². The van der Waals surface area contributed by atoms with Crippen molar-refractivity contribution < 1.29 is 4.42 Å². The maximum absolute atomic E-state index is 5.69. The molecular formula is C20H31N3O. The van der Waals surface area contributed by atoms with Gasteiger partial charge in [-0.25, -0.2) is 0 Å². The number of nitrogens with one attached hydrogen (secondary N) is 1. The summed E-state index contributed by atoms with van der Waals surface area (Å²) in [6.07, 6.45) is 1.13. The predicted octanol–water partition coefficient (Wildman–Crippen LogP) is 4.88. The van der Waals surface area contributed by atoms with Gasteiger partial charge in [0.15, 0.2) is 0 Å². The minimum Gasteiger partial charge on any atom is -0.424 e. The molecule has 24 heavy (non-hydrogen) atoms. The summed E-state index contributed by atoms with van der Waals surface area (Å²) in [5.74, 6) is 2.78. The van der Waals surface area contributed by atoms with Gasteiger partial charge in [-0.1, -0.05) is 65.8 Å². The van der Waals surface area contributed by atoms with E-state index in [0.717, 1.165) is 6.42 Å². The van der Waals surface area contributed by atoms with E-state index in [0.29, 0.717) is 30.2 Å². The first-order valence-electron chi connectivity index (χ1n) is 9.01. The van der Waals surface area contributed by atoms with Crippen molar-refractivity contribution in [3.8, 4) is 0 Å². The molecule has 1 N–H and O–H groups in total. The van der Waals surface area contributed by atoms with Crippen LogP contribution in [0.5, 0.6) is 0 Å². The Morgan fingerprint density at radius 1 is 0.958 bits per heavy atom. The van der Waals surface area contributed by atoms with Gasteiger partial charge in [-0.05, 0) is 29.4 Å². The molecule has 0 spiro atoms. The first-order valence-corrected chi connectivity index (χ1v) is 9.01. The zero-order valence-corrected chi connectivity index (χ0v) is 15.8. The van der Waals surface area contributed by atoms with Gasteiger partial charge in [0.05, 0.1) is 6.54 Å². The highest BCUT2D eigenvalue weighted by Gasteiger charge is 2.17. The van der Waals surface area contributed by atoms with Crippen LogP contribution in [0.25, 0.3) is 0 Å². The Bertz CT molecular complexity index is 614. The van der Waals surface area contributed by atoms with E-state index in [9.17, 15) is 0 Å². The molecule has 2 aromatic rings. The van der Waals surface area contributed by atoms with Gasteiger partial charge in [0.2, 0.25) is 11.8 Å². The summed E-state index contributed by atoms with van der Waals surface area (Å²) >= 11 is 0. The number of hydrogen-bond acceptors (Lipinski definition) is 4. The van der Waals surface area contributed by atoms with Gasteiger partial charge < -0.3 is 9.73 Å². The van der Waals surface area contributed by atoms with Crippen molar-refractivity contribution in [3.63, 3.8) is 0 Å². The van der Waals surface area contributed by atoms with E-state index in [1.54, 1.807) is 0 Å². The van der Waals surface area contributed by atoms with Crippen LogP contribution in [0.3, 0.4) is 0 Å². The molecule has 4 nitrogen and oxygen atoms in total. The Hall–Kier alpha value is -1.68. The molecule has 0 bridgehead atoms. The van der Waals surface area contributed by atoms with Crippen LogP contribution >= 0.6 is 0 Å². The molecule has 0 aliphatic carbocycles. The fourth-order valence-corrected chi connectivity index (χ4v) is 2.84. The fraction of sp³-hybridized carbons (Fsp3) is 0.600. The van der Waals surface area contributed by atoms with Gasteiger partial charge in [-0.3, -0.25) is 0 Å². The van der Waals surface area contributed by atoms with E-state index in [2.05, 4.69) is 81.3 Å². The van der Waals surface area contributed by atoms with Gasteiger partial charge in [-0.2, -0.15) is 0 Å². The van der Waals surface area contributed by atoms with Crippen LogP contribution in [0, 0.1) is 11.8 Å². The zero-order chi connectivity index (χ0) is 17.7. The zero-order valence-electron chi connectivity index (χ0n) is 15.8. The van der Waals surface area contributed by atoms with Gasteiger partial charge in [0.1, 0.15) is 0 Å². The lowest BCUT2D eigenvalue weighted by Crippen LogP contribution is -2.25. The normalized spacial score (nSPS) is 13.2. The summed E-state index contributed by atoms with van der Waals surface area (Å²) in [6, 6.07) is 9.24. The molecule has 0 amide bonds. The first kappa shape index (κ1) is 18.7. The largest absolute Gasteiger partial charge is 0.424 e. The molecule has 0 saturated heterocycles.